The lowest BCUT2D eigenvalue weighted by atomic mass is 10.1. The molecule has 1 atom stereocenters. The van der Waals surface area contributed by atoms with Crippen LogP contribution in [0.3, 0.4) is 0 Å². The number of hydrogen-bond donors (Lipinski definition) is 1. The fourth-order valence-electron chi connectivity index (χ4n) is 2.74. The van der Waals surface area contributed by atoms with Gasteiger partial charge in [0, 0.05) is 35.4 Å². The number of nitrogens with zero attached hydrogens (tertiary/aromatic N) is 1. The lowest BCUT2D eigenvalue weighted by Crippen LogP contribution is -2.22. The highest BCUT2D eigenvalue weighted by Crippen LogP contribution is 2.35. The van der Waals surface area contributed by atoms with Gasteiger partial charge in [-0.2, -0.15) is 0 Å². The molecule has 0 bridgehead atoms. The fourth-order valence-corrected chi connectivity index (χ4v) is 3.32. The number of nitrogens with one attached hydrogen (secondary N) is 1. The second-order valence-corrected chi connectivity index (χ2v) is 5.78. The van der Waals surface area contributed by atoms with E-state index in [-0.39, 0.29) is 0 Å². The number of pyridine rings is 1. The smallest absolute Gasteiger partial charge is 0.0416 e. The first-order valence-corrected chi connectivity index (χ1v) is 7.54. The molecule has 0 saturated heterocycles. The topological polar surface area (TPSA) is 24.9 Å². The van der Waals surface area contributed by atoms with Gasteiger partial charge in [0.15, 0.2) is 0 Å². The van der Waals surface area contributed by atoms with Gasteiger partial charge >= 0.3 is 0 Å². The number of aromatic nitrogens is 1. The van der Waals surface area contributed by atoms with Gasteiger partial charge in [-0.1, -0.05) is 34.1 Å². The SMILES string of the molecule is Brc1cccc2c1CCC2NCCc1ccccn1. The summed E-state index contributed by atoms with van der Waals surface area (Å²) < 4.78 is 1.25. The highest BCUT2D eigenvalue weighted by molar-refractivity contribution is 9.10. The van der Waals surface area contributed by atoms with E-state index < -0.39 is 0 Å². The number of hydrogen-bond acceptors (Lipinski definition) is 2. The molecule has 1 heterocycles. The minimum Gasteiger partial charge on any atom is -0.310 e. The van der Waals surface area contributed by atoms with Crippen LogP contribution in [-0.4, -0.2) is 11.5 Å². The molecule has 0 aliphatic heterocycles. The van der Waals surface area contributed by atoms with Gasteiger partial charge in [-0.3, -0.25) is 4.98 Å². The first kappa shape index (κ1) is 12.8. The minimum absolute atomic E-state index is 0.496. The largest absolute Gasteiger partial charge is 0.310 e. The molecule has 1 aliphatic carbocycles. The zero-order valence-electron chi connectivity index (χ0n) is 10.8. The number of fused-ring (bicyclic) bond motifs is 1. The predicted octanol–water partition coefficient (Wildman–Crippen LogP) is 3.66. The third-order valence-corrected chi connectivity index (χ3v) is 4.45. The maximum Gasteiger partial charge on any atom is 0.0416 e. The van der Waals surface area contributed by atoms with Gasteiger partial charge in [-0.05, 0) is 42.2 Å². The van der Waals surface area contributed by atoms with Gasteiger partial charge in [0.2, 0.25) is 0 Å². The van der Waals surface area contributed by atoms with E-state index in [1.807, 2.05) is 18.3 Å². The van der Waals surface area contributed by atoms with Crippen molar-refractivity contribution < 1.29 is 0 Å². The molecule has 1 aliphatic rings. The van der Waals surface area contributed by atoms with Crippen LogP contribution in [0.15, 0.2) is 47.1 Å². The summed E-state index contributed by atoms with van der Waals surface area (Å²) in [6.07, 6.45) is 5.20. The fraction of sp³-hybridized carbons (Fsp3) is 0.312. The van der Waals surface area contributed by atoms with E-state index in [0.717, 1.165) is 25.1 Å². The summed E-state index contributed by atoms with van der Waals surface area (Å²) in [7, 11) is 0. The molecule has 3 rings (SSSR count). The Bertz CT molecular complexity index is 554. The minimum atomic E-state index is 0.496. The third-order valence-electron chi connectivity index (χ3n) is 3.71. The summed E-state index contributed by atoms with van der Waals surface area (Å²) in [4.78, 5) is 4.35. The first-order valence-electron chi connectivity index (χ1n) is 6.75. The summed E-state index contributed by atoms with van der Waals surface area (Å²) in [5.41, 5.74) is 4.08. The van der Waals surface area contributed by atoms with Crippen LogP contribution < -0.4 is 5.32 Å². The van der Waals surface area contributed by atoms with Crippen molar-refractivity contribution in [2.24, 2.45) is 0 Å². The molecule has 0 amide bonds. The number of benzene rings is 1. The zero-order chi connectivity index (χ0) is 13.1. The molecule has 0 fully saturated rings. The quantitative estimate of drug-likeness (QED) is 0.931. The molecule has 2 nitrogen and oxygen atoms in total. The van der Waals surface area contributed by atoms with Crippen LogP contribution in [0.4, 0.5) is 0 Å². The summed E-state index contributed by atoms with van der Waals surface area (Å²) in [5.74, 6) is 0. The Balaban J connectivity index is 1.60. The molecule has 98 valence electrons. The van der Waals surface area contributed by atoms with Gasteiger partial charge in [-0.15, -0.1) is 0 Å². The monoisotopic (exact) mass is 316 g/mol. The predicted molar refractivity (Wildman–Crippen MR) is 81.1 cm³/mol. The molecular formula is C16H17BrN2. The Morgan fingerprint density at radius 2 is 2.16 bits per heavy atom. The van der Waals surface area contributed by atoms with Crippen molar-refractivity contribution >= 4 is 15.9 Å². The molecule has 19 heavy (non-hydrogen) atoms. The Labute approximate surface area is 122 Å². The van der Waals surface area contributed by atoms with Gasteiger partial charge in [0.1, 0.15) is 0 Å². The second-order valence-electron chi connectivity index (χ2n) is 4.92. The summed E-state index contributed by atoms with van der Waals surface area (Å²) in [5, 5.41) is 3.65. The van der Waals surface area contributed by atoms with Crippen molar-refractivity contribution in [3.8, 4) is 0 Å². The lowest BCUT2D eigenvalue weighted by molar-refractivity contribution is 0.531. The standard InChI is InChI=1S/C16H17BrN2/c17-15-6-3-5-14-13(15)7-8-16(14)19-11-9-12-4-1-2-10-18-12/h1-6,10,16,19H,7-9,11H2. The van der Waals surface area contributed by atoms with E-state index in [9.17, 15) is 0 Å². The third kappa shape index (κ3) is 2.88. The molecule has 1 unspecified atom stereocenters. The Morgan fingerprint density at radius 1 is 1.21 bits per heavy atom. The lowest BCUT2D eigenvalue weighted by Gasteiger charge is -2.14. The average Bonchev–Trinajstić information content (AvgIpc) is 2.85. The Kier molecular flexibility index (Phi) is 3.95. The molecule has 0 radical (unpaired) electrons. The summed E-state index contributed by atoms with van der Waals surface area (Å²) >= 11 is 3.64. The van der Waals surface area contributed by atoms with Gasteiger partial charge in [0.25, 0.3) is 0 Å². The highest BCUT2D eigenvalue weighted by atomic mass is 79.9. The van der Waals surface area contributed by atoms with Crippen LogP contribution >= 0.6 is 15.9 Å². The van der Waals surface area contributed by atoms with E-state index in [2.05, 4.69) is 50.5 Å². The molecule has 0 spiro atoms. The summed E-state index contributed by atoms with van der Waals surface area (Å²) in [6.45, 7) is 0.980. The van der Waals surface area contributed by atoms with E-state index in [0.29, 0.717) is 6.04 Å². The molecule has 1 N–H and O–H groups in total. The molecule has 0 saturated carbocycles. The van der Waals surface area contributed by atoms with E-state index >= 15 is 0 Å². The van der Waals surface area contributed by atoms with Crippen LogP contribution in [-0.2, 0) is 12.8 Å². The number of halogens is 1. The highest BCUT2D eigenvalue weighted by Gasteiger charge is 2.23. The normalized spacial score (nSPS) is 17.4. The first-order chi connectivity index (χ1) is 9.34. The van der Waals surface area contributed by atoms with Crippen molar-refractivity contribution in [3.63, 3.8) is 0 Å². The zero-order valence-corrected chi connectivity index (χ0v) is 12.4. The molecule has 2 aromatic rings. The Morgan fingerprint density at radius 3 is 3.00 bits per heavy atom. The van der Waals surface area contributed by atoms with E-state index in [1.54, 1.807) is 0 Å². The summed E-state index contributed by atoms with van der Waals surface area (Å²) in [6, 6.07) is 13.1. The van der Waals surface area contributed by atoms with Crippen molar-refractivity contribution in [1.29, 1.82) is 0 Å². The van der Waals surface area contributed by atoms with Gasteiger partial charge in [-0.25, -0.2) is 0 Å². The molecular weight excluding hydrogens is 300 g/mol. The maximum atomic E-state index is 4.35. The van der Waals surface area contributed by atoms with E-state index in [4.69, 9.17) is 0 Å². The van der Waals surface area contributed by atoms with E-state index in [1.165, 1.54) is 22.0 Å². The Hall–Kier alpha value is -1.19. The molecule has 1 aromatic heterocycles. The number of rotatable bonds is 4. The maximum absolute atomic E-state index is 4.35. The van der Waals surface area contributed by atoms with Crippen molar-refractivity contribution in [2.75, 3.05) is 6.54 Å². The van der Waals surface area contributed by atoms with Crippen molar-refractivity contribution in [2.45, 2.75) is 25.3 Å². The second kappa shape index (κ2) is 5.85. The molecule has 1 aromatic carbocycles. The van der Waals surface area contributed by atoms with Crippen LogP contribution in [0.25, 0.3) is 0 Å². The van der Waals surface area contributed by atoms with Gasteiger partial charge < -0.3 is 5.32 Å². The van der Waals surface area contributed by atoms with Crippen LogP contribution in [0, 0.1) is 0 Å². The van der Waals surface area contributed by atoms with Crippen molar-refractivity contribution in [3.05, 3.63) is 63.9 Å². The van der Waals surface area contributed by atoms with Crippen LogP contribution in [0.2, 0.25) is 0 Å². The average molecular weight is 317 g/mol. The van der Waals surface area contributed by atoms with Gasteiger partial charge in [0.05, 0.1) is 0 Å². The van der Waals surface area contributed by atoms with Crippen LogP contribution in [0.1, 0.15) is 29.3 Å². The van der Waals surface area contributed by atoms with Crippen LogP contribution in [0.5, 0.6) is 0 Å². The molecule has 3 heteroatoms. The van der Waals surface area contributed by atoms with Crippen molar-refractivity contribution in [1.82, 2.24) is 10.3 Å².